The lowest BCUT2D eigenvalue weighted by Crippen LogP contribution is -2.16. The highest BCUT2D eigenvalue weighted by molar-refractivity contribution is 5.89. The maximum atomic E-state index is 11.7. The van der Waals surface area contributed by atoms with Gasteiger partial charge in [0.2, 0.25) is 0 Å². The predicted molar refractivity (Wildman–Crippen MR) is 65.4 cm³/mol. The highest BCUT2D eigenvalue weighted by Crippen LogP contribution is 2.05. The average molecular weight is 242 g/mol. The van der Waals surface area contributed by atoms with Crippen molar-refractivity contribution in [1.82, 2.24) is 0 Å². The number of carbonyl (C=O) groups excluding carboxylic acids is 2. The Bertz CT molecular complexity index is 279. The molecule has 0 aromatic heterocycles. The SMILES string of the molecule is CCCC=C(COC(C)=O)C(=O)OCC(C)C. The van der Waals surface area contributed by atoms with Crippen molar-refractivity contribution < 1.29 is 19.1 Å². The third kappa shape index (κ3) is 8.48. The van der Waals surface area contributed by atoms with Crippen molar-refractivity contribution in [3.63, 3.8) is 0 Å². The number of unbranched alkanes of at least 4 members (excludes halogenated alkanes) is 1. The Balaban J connectivity index is 4.34. The van der Waals surface area contributed by atoms with E-state index in [-0.39, 0.29) is 6.61 Å². The highest BCUT2D eigenvalue weighted by Gasteiger charge is 2.12. The molecule has 4 heteroatoms. The van der Waals surface area contributed by atoms with Gasteiger partial charge in [0, 0.05) is 6.92 Å². The second kappa shape index (κ2) is 8.79. The van der Waals surface area contributed by atoms with Gasteiger partial charge in [0.1, 0.15) is 6.61 Å². The van der Waals surface area contributed by atoms with Crippen molar-refractivity contribution in [2.45, 2.75) is 40.5 Å². The summed E-state index contributed by atoms with van der Waals surface area (Å²) < 4.78 is 9.92. The minimum Gasteiger partial charge on any atom is -0.462 e. The van der Waals surface area contributed by atoms with Crippen LogP contribution in [0.3, 0.4) is 0 Å². The number of rotatable bonds is 7. The van der Waals surface area contributed by atoms with Crippen LogP contribution in [0.15, 0.2) is 11.6 Å². The summed E-state index contributed by atoms with van der Waals surface area (Å²) >= 11 is 0. The Morgan fingerprint density at radius 2 is 1.88 bits per heavy atom. The van der Waals surface area contributed by atoms with Crippen LogP contribution in [0.1, 0.15) is 40.5 Å². The molecule has 0 spiro atoms. The van der Waals surface area contributed by atoms with E-state index in [1.807, 2.05) is 20.8 Å². The molecule has 0 unspecified atom stereocenters. The Hall–Kier alpha value is -1.32. The summed E-state index contributed by atoms with van der Waals surface area (Å²) in [6.45, 7) is 7.63. The Labute approximate surface area is 103 Å². The fourth-order valence-corrected chi connectivity index (χ4v) is 1.03. The van der Waals surface area contributed by atoms with Crippen LogP contribution >= 0.6 is 0 Å². The second-order valence-electron chi connectivity index (χ2n) is 4.29. The van der Waals surface area contributed by atoms with E-state index in [9.17, 15) is 9.59 Å². The van der Waals surface area contributed by atoms with Crippen LogP contribution < -0.4 is 0 Å². The molecule has 0 N–H and O–H groups in total. The number of hydrogen-bond acceptors (Lipinski definition) is 4. The summed E-state index contributed by atoms with van der Waals surface area (Å²) in [6.07, 6.45) is 3.47. The minimum absolute atomic E-state index is 0.00768. The van der Waals surface area contributed by atoms with E-state index in [1.54, 1.807) is 6.08 Å². The van der Waals surface area contributed by atoms with Gasteiger partial charge in [-0.2, -0.15) is 0 Å². The summed E-state index contributed by atoms with van der Waals surface area (Å²) in [7, 11) is 0. The first kappa shape index (κ1) is 15.7. The minimum atomic E-state index is -0.399. The van der Waals surface area contributed by atoms with Crippen molar-refractivity contribution in [1.29, 1.82) is 0 Å². The van der Waals surface area contributed by atoms with Crippen LogP contribution in [0, 0.1) is 5.92 Å². The largest absolute Gasteiger partial charge is 0.462 e. The topological polar surface area (TPSA) is 52.6 Å². The summed E-state index contributed by atoms with van der Waals surface area (Å²) in [6, 6.07) is 0. The van der Waals surface area contributed by atoms with Crippen molar-refractivity contribution >= 4 is 11.9 Å². The Kier molecular flexibility index (Phi) is 8.11. The molecule has 0 aromatic rings. The van der Waals surface area contributed by atoms with Crippen LogP contribution in [0.4, 0.5) is 0 Å². The summed E-state index contributed by atoms with van der Waals surface area (Å²) in [5.41, 5.74) is 0.419. The molecule has 17 heavy (non-hydrogen) atoms. The van der Waals surface area contributed by atoms with E-state index in [2.05, 4.69) is 0 Å². The molecular formula is C13H22O4. The van der Waals surface area contributed by atoms with Gasteiger partial charge in [-0.15, -0.1) is 0 Å². The van der Waals surface area contributed by atoms with Gasteiger partial charge in [0.25, 0.3) is 0 Å². The first-order chi connectivity index (χ1) is 7.97. The molecule has 0 atom stereocenters. The van der Waals surface area contributed by atoms with Crippen LogP contribution in [0.5, 0.6) is 0 Å². The summed E-state index contributed by atoms with van der Waals surface area (Å²) in [5.74, 6) is -0.502. The fraction of sp³-hybridized carbons (Fsp3) is 0.692. The lowest BCUT2D eigenvalue weighted by molar-refractivity contribution is -0.143. The average Bonchev–Trinajstić information content (AvgIpc) is 2.25. The molecule has 0 aliphatic carbocycles. The van der Waals surface area contributed by atoms with E-state index >= 15 is 0 Å². The number of carbonyl (C=O) groups is 2. The summed E-state index contributed by atoms with van der Waals surface area (Å²) in [5, 5.41) is 0. The van der Waals surface area contributed by atoms with Crippen molar-refractivity contribution in [3.05, 3.63) is 11.6 Å². The molecule has 0 bridgehead atoms. The summed E-state index contributed by atoms with van der Waals surface area (Å²) in [4.78, 5) is 22.4. The van der Waals surface area contributed by atoms with E-state index in [0.29, 0.717) is 18.1 Å². The zero-order valence-corrected chi connectivity index (χ0v) is 11.1. The molecule has 0 heterocycles. The van der Waals surface area contributed by atoms with E-state index in [1.165, 1.54) is 6.92 Å². The predicted octanol–water partition coefficient (Wildman–Crippen LogP) is 2.48. The molecule has 0 saturated carbocycles. The van der Waals surface area contributed by atoms with Gasteiger partial charge in [0.15, 0.2) is 0 Å². The van der Waals surface area contributed by atoms with Gasteiger partial charge in [-0.25, -0.2) is 4.79 Å². The molecule has 0 fully saturated rings. The Morgan fingerprint density at radius 1 is 1.24 bits per heavy atom. The van der Waals surface area contributed by atoms with Gasteiger partial charge >= 0.3 is 11.9 Å². The van der Waals surface area contributed by atoms with Crippen molar-refractivity contribution in [3.8, 4) is 0 Å². The molecule has 0 radical (unpaired) electrons. The lowest BCUT2D eigenvalue weighted by Gasteiger charge is -2.10. The fourth-order valence-electron chi connectivity index (χ4n) is 1.03. The first-order valence-electron chi connectivity index (χ1n) is 5.96. The lowest BCUT2D eigenvalue weighted by atomic mass is 10.2. The molecule has 0 aromatic carbocycles. The number of ether oxygens (including phenoxy) is 2. The van der Waals surface area contributed by atoms with E-state index in [4.69, 9.17) is 9.47 Å². The highest BCUT2D eigenvalue weighted by atomic mass is 16.5. The molecule has 0 rings (SSSR count). The molecule has 0 aliphatic heterocycles. The molecule has 0 aliphatic rings. The smallest absolute Gasteiger partial charge is 0.337 e. The van der Waals surface area contributed by atoms with Gasteiger partial charge in [0.05, 0.1) is 12.2 Å². The standard InChI is InChI=1S/C13H22O4/c1-5-6-7-12(9-16-11(4)14)13(15)17-8-10(2)3/h7,10H,5-6,8-9H2,1-4H3. The monoisotopic (exact) mass is 242 g/mol. The normalized spacial score (nSPS) is 11.5. The third-order valence-electron chi connectivity index (χ3n) is 1.92. The zero-order valence-electron chi connectivity index (χ0n) is 11.1. The number of hydrogen-bond donors (Lipinski definition) is 0. The maximum Gasteiger partial charge on any atom is 0.337 e. The van der Waals surface area contributed by atoms with Crippen LogP contribution in [-0.4, -0.2) is 25.2 Å². The molecule has 0 saturated heterocycles. The number of allylic oxidation sites excluding steroid dienone is 1. The maximum absolute atomic E-state index is 11.7. The third-order valence-corrected chi connectivity index (χ3v) is 1.92. The molecule has 0 amide bonds. The second-order valence-corrected chi connectivity index (χ2v) is 4.29. The van der Waals surface area contributed by atoms with Crippen molar-refractivity contribution in [2.75, 3.05) is 13.2 Å². The van der Waals surface area contributed by atoms with Gasteiger partial charge in [-0.1, -0.05) is 33.3 Å². The van der Waals surface area contributed by atoms with Crippen LogP contribution in [0.2, 0.25) is 0 Å². The zero-order chi connectivity index (χ0) is 13.3. The molecular weight excluding hydrogens is 220 g/mol. The Morgan fingerprint density at radius 3 is 2.35 bits per heavy atom. The van der Waals surface area contributed by atoms with Crippen LogP contribution in [-0.2, 0) is 19.1 Å². The van der Waals surface area contributed by atoms with Crippen molar-refractivity contribution in [2.24, 2.45) is 5.92 Å². The molecule has 98 valence electrons. The molecule has 4 nitrogen and oxygen atoms in total. The van der Waals surface area contributed by atoms with Crippen LogP contribution in [0.25, 0.3) is 0 Å². The van der Waals surface area contributed by atoms with Gasteiger partial charge in [-0.05, 0) is 12.3 Å². The van der Waals surface area contributed by atoms with E-state index < -0.39 is 11.9 Å². The quantitative estimate of drug-likeness (QED) is 0.508. The van der Waals surface area contributed by atoms with Gasteiger partial charge < -0.3 is 9.47 Å². The number of esters is 2. The van der Waals surface area contributed by atoms with E-state index in [0.717, 1.165) is 12.8 Å². The van der Waals surface area contributed by atoms with Gasteiger partial charge in [-0.3, -0.25) is 4.79 Å². The first-order valence-corrected chi connectivity index (χ1v) is 5.96.